The van der Waals surface area contributed by atoms with Gasteiger partial charge in [-0.2, -0.15) is 0 Å². The van der Waals surface area contributed by atoms with Gasteiger partial charge in [0.15, 0.2) is 5.57 Å². The standard InChI is InChI=1S/C8H8O4/c1-3-5-6(7(9)10)8(11)12-4-2/h1,4H2,2H3,(H,9,10). The fourth-order valence-corrected chi connectivity index (χ4v) is 0.483. The van der Waals surface area contributed by atoms with E-state index in [0.29, 0.717) is 0 Å². The van der Waals surface area contributed by atoms with Gasteiger partial charge in [0.2, 0.25) is 0 Å². The number of esters is 1. The van der Waals surface area contributed by atoms with Gasteiger partial charge in [0.05, 0.1) is 6.61 Å². The van der Waals surface area contributed by atoms with Gasteiger partial charge in [-0.1, -0.05) is 5.73 Å². The minimum Gasteiger partial charge on any atom is -0.477 e. The number of carboxylic acids is 1. The summed E-state index contributed by atoms with van der Waals surface area (Å²) in [6, 6.07) is 0. The second-order valence-electron chi connectivity index (χ2n) is 1.70. The Labute approximate surface area is 69.5 Å². The van der Waals surface area contributed by atoms with Crippen LogP contribution < -0.4 is 0 Å². The molecule has 0 saturated heterocycles. The lowest BCUT2D eigenvalue weighted by atomic mass is 10.3. The molecule has 4 nitrogen and oxygen atoms in total. The third-order valence-corrected chi connectivity index (χ3v) is 0.907. The van der Waals surface area contributed by atoms with E-state index in [1.54, 1.807) is 6.92 Å². The monoisotopic (exact) mass is 168 g/mol. The zero-order valence-corrected chi connectivity index (χ0v) is 6.59. The maximum atomic E-state index is 10.8. The number of aliphatic carboxylic acids is 1. The van der Waals surface area contributed by atoms with E-state index in [0.717, 1.165) is 0 Å². The van der Waals surface area contributed by atoms with Crippen molar-refractivity contribution in [3.8, 4) is 0 Å². The first-order chi connectivity index (χ1) is 5.63. The quantitative estimate of drug-likeness (QED) is 0.219. The van der Waals surface area contributed by atoms with Crippen molar-refractivity contribution in [3.05, 3.63) is 23.6 Å². The number of hydrogen-bond acceptors (Lipinski definition) is 3. The normalized spacial score (nSPS) is 7.75. The molecule has 0 aliphatic carbocycles. The van der Waals surface area contributed by atoms with Crippen molar-refractivity contribution in [2.45, 2.75) is 6.92 Å². The topological polar surface area (TPSA) is 63.6 Å². The summed E-state index contributed by atoms with van der Waals surface area (Å²) in [6.45, 7) is 4.80. The molecule has 0 aliphatic heterocycles. The second kappa shape index (κ2) is 4.97. The molecule has 0 bridgehead atoms. The lowest BCUT2D eigenvalue weighted by molar-refractivity contribution is -0.143. The van der Waals surface area contributed by atoms with Crippen LogP contribution in [-0.2, 0) is 14.3 Å². The molecule has 0 aromatic heterocycles. The van der Waals surface area contributed by atoms with E-state index >= 15 is 0 Å². The molecule has 0 unspecified atom stereocenters. The fourth-order valence-electron chi connectivity index (χ4n) is 0.483. The first-order valence-electron chi connectivity index (χ1n) is 3.19. The average Bonchev–Trinajstić information content (AvgIpc) is 1.99. The molecule has 0 aromatic carbocycles. The molecular formula is C8H8O4. The van der Waals surface area contributed by atoms with E-state index in [2.05, 4.69) is 17.0 Å². The summed E-state index contributed by atoms with van der Waals surface area (Å²) < 4.78 is 4.43. The Morgan fingerprint density at radius 3 is 2.50 bits per heavy atom. The van der Waals surface area contributed by atoms with Crippen LogP contribution >= 0.6 is 0 Å². The summed E-state index contributed by atoms with van der Waals surface area (Å²) in [5.74, 6) is -2.33. The fraction of sp³-hybridized carbons (Fsp3) is 0.250. The Morgan fingerprint density at radius 1 is 1.58 bits per heavy atom. The summed E-state index contributed by atoms with van der Waals surface area (Å²) in [5, 5.41) is 8.43. The van der Waals surface area contributed by atoms with E-state index in [-0.39, 0.29) is 6.61 Å². The zero-order chi connectivity index (χ0) is 9.56. The molecule has 64 valence electrons. The molecule has 12 heavy (non-hydrogen) atoms. The van der Waals surface area contributed by atoms with Gasteiger partial charge in [-0.25, -0.2) is 9.59 Å². The molecule has 0 atom stereocenters. The Morgan fingerprint density at radius 2 is 2.17 bits per heavy atom. The Balaban J connectivity index is 4.78. The van der Waals surface area contributed by atoms with Gasteiger partial charge in [-0.15, -0.1) is 0 Å². The third-order valence-electron chi connectivity index (χ3n) is 0.907. The number of carboxylic acid groups (broad SMARTS) is 1. The number of ether oxygens (including phenoxy) is 1. The molecule has 4 heteroatoms. The van der Waals surface area contributed by atoms with Gasteiger partial charge in [0, 0.05) is 0 Å². The molecular weight excluding hydrogens is 160 g/mol. The lowest BCUT2D eigenvalue weighted by Gasteiger charge is -1.97. The van der Waals surface area contributed by atoms with Gasteiger partial charge >= 0.3 is 11.9 Å². The number of hydrogen-bond donors (Lipinski definition) is 1. The van der Waals surface area contributed by atoms with Crippen LogP contribution in [0.2, 0.25) is 0 Å². The summed E-state index contributed by atoms with van der Waals surface area (Å²) >= 11 is 0. The highest BCUT2D eigenvalue weighted by Gasteiger charge is 2.17. The first kappa shape index (κ1) is 10.2. The van der Waals surface area contributed by atoms with Gasteiger partial charge < -0.3 is 9.84 Å². The SMILES string of the molecule is C=C=C=C(C(=O)O)C(=O)OCC. The second-order valence-corrected chi connectivity index (χ2v) is 1.70. The molecule has 0 radical (unpaired) electrons. The largest absolute Gasteiger partial charge is 0.477 e. The van der Waals surface area contributed by atoms with Crippen LogP contribution in [0.5, 0.6) is 0 Å². The van der Waals surface area contributed by atoms with Gasteiger partial charge in [-0.05, 0) is 19.2 Å². The molecule has 0 fully saturated rings. The van der Waals surface area contributed by atoms with Crippen molar-refractivity contribution in [2.24, 2.45) is 0 Å². The van der Waals surface area contributed by atoms with Crippen molar-refractivity contribution in [1.82, 2.24) is 0 Å². The zero-order valence-electron chi connectivity index (χ0n) is 6.59. The van der Waals surface area contributed by atoms with E-state index in [1.165, 1.54) is 0 Å². The average molecular weight is 168 g/mol. The maximum absolute atomic E-state index is 10.8. The van der Waals surface area contributed by atoms with Crippen molar-refractivity contribution < 1.29 is 19.4 Å². The first-order valence-corrected chi connectivity index (χ1v) is 3.19. The van der Waals surface area contributed by atoms with E-state index in [1.807, 2.05) is 5.73 Å². The molecule has 1 N–H and O–H groups in total. The Hall–Kier alpha value is -1.76. The molecule has 0 rings (SSSR count). The third kappa shape index (κ3) is 2.88. The van der Waals surface area contributed by atoms with Crippen LogP contribution in [0.4, 0.5) is 0 Å². The molecule has 0 aliphatic rings. The molecule has 0 amide bonds. The number of carbonyl (C=O) groups excluding carboxylic acids is 1. The van der Waals surface area contributed by atoms with Crippen LogP contribution in [-0.4, -0.2) is 23.7 Å². The summed E-state index contributed by atoms with van der Waals surface area (Å²) in [4.78, 5) is 21.1. The highest BCUT2D eigenvalue weighted by Crippen LogP contribution is 1.95. The van der Waals surface area contributed by atoms with Crippen LogP contribution in [0.3, 0.4) is 0 Å². The number of carbonyl (C=O) groups is 2. The maximum Gasteiger partial charge on any atom is 0.354 e. The van der Waals surface area contributed by atoms with Crippen LogP contribution in [0.1, 0.15) is 6.92 Å². The molecule has 0 spiro atoms. The summed E-state index contributed by atoms with van der Waals surface area (Å²) in [7, 11) is 0. The molecule has 0 saturated carbocycles. The summed E-state index contributed by atoms with van der Waals surface area (Å²) in [6.07, 6.45) is 0. The van der Waals surface area contributed by atoms with Gasteiger partial charge in [-0.3, -0.25) is 0 Å². The van der Waals surface area contributed by atoms with Crippen LogP contribution in [0, 0.1) is 0 Å². The van der Waals surface area contributed by atoms with Crippen molar-refractivity contribution in [3.63, 3.8) is 0 Å². The van der Waals surface area contributed by atoms with Gasteiger partial charge in [0.1, 0.15) is 0 Å². The summed E-state index contributed by atoms with van der Waals surface area (Å²) in [5.41, 5.74) is 3.53. The van der Waals surface area contributed by atoms with Crippen molar-refractivity contribution >= 4 is 11.9 Å². The van der Waals surface area contributed by atoms with E-state index in [4.69, 9.17) is 5.11 Å². The van der Waals surface area contributed by atoms with Crippen molar-refractivity contribution in [1.29, 1.82) is 0 Å². The predicted molar refractivity (Wildman–Crippen MR) is 40.4 cm³/mol. The highest BCUT2D eigenvalue weighted by atomic mass is 16.5. The smallest absolute Gasteiger partial charge is 0.354 e. The van der Waals surface area contributed by atoms with E-state index < -0.39 is 17.5 Å². The minimum absolute atomic E-state index is 0.119. The Bertz CT molecular complexity index is 277. The predicted octanol–water partition coefficient (Wildman–Crippen LogP) is 0.500. The lowest BCUT2D eigenvalue weighted by Crippen LogP contribution is -2.14. The Kier molecular flexibility index (Phi) is 4.24. The van der Waals surface area contributed by atoms with E-state index in [9.17, 15) is 9.59 Å². The van der Waals surface area contributed by atoms with Crippen LogP contribution in [0.25, 0.3) is 0 Å². The minimum atomic E-state index is -1.40. The molecule has 0 aromatic rings. The number of rotatable bonds is 3. The highest BCUT2D eigenvalue weighted by molar-refractivity contribution is 6.12. The van der Waals surface area contributed by atoms with Gasteiger partial charge in [0.25, 0.3) is 0 Å². The van der Waals surface area contributed by atoms with Crippen LogP contribution in [0.15, 0.2) is 23.6 Å². The van der Waals surface area contributed by atoms with Crippen molar-refractivity contribution in [2.75, 3.05) is 6.61 Å². The molecule has 0 heterocycles.